The van der Waals surface area contributed by atoms with Crippen molar-refractivity contribution in [2.45, 2.75) is 33.1 Å². The van der Waals surface area contributed by atoms with Gasteiger partial charge in [-0.05, 0) is 33.1 Å². The summed E-state index contributed by atoms with van der Waals surface area (Å²) >= 11 is 0. The first-order valence-electron chi connectivity index (χ1n) is 4.59. The van der Waals surface area contributed by atoms with Crippen molar-refractivity contribution in [1.82, 2.24) is 0 Å². The van der Waals surface area contributed by atoms with E-state index < -0.39 is 5.92 Å². The minimum absolute atomic E-state index is 0.0232. The van der Waals surface area contributed by atoms with E-state index in [1.807, 2.05) is 0 Å². The minimum atomic E-state index is -0.392. The maximum Gasteiger partial charge on any atom is 0.140 e. The molecule has 0 N–H and O–H groups in total. The quantitative estimate of drug-likeness (QED) is 0.448. The second-order valence-electron chi connectivity index (χ2n) is 3.26. The number of unbranched alkanes of at least 4 members (excludes halogenated alkanes) is 1. The number of carbonyl (C=O) groups excluding carboxylic acids is 2. The van der Waals surface area contributed by atoms with Crippen LogP contribution < -0.4 is 0 Å². The predicted octanol–water partition coefficient (Wildman–Crippen LogP) is 1.60. The molecule has 0 aromatic carbocycles. The van der Waals surface area contributed by atoms with Crippen molar-refractivity contribution in [2.24, 2.45) is 5.92 Å². The van der Waals surface area contributed by atoms with Crippen LogP contribution in [0.5, 0.6) is 0 Å². The van der Waals surface area contributed by atoms with Crippen LogP contribution >= 0.6 is 0 Å². The molecule has 0 aromatic heterocycles. The Balaban J connectivity index is 3.71. The lowest BCUT2D eigenvalue weighted by Crippen LogP contribution is -2.19. The third kappa shape index (κ3) is 5.53. The number of ketones is 2. The topological polar surface area (TPSA) is 43.4 Å². The molecule has 0 rings (SSSR count). The molecule has 0 aliphatic heterocycles. The fourth-order valence-electron chi connectivity index (χ4n) is 1.29. The lowest BCUT2D eigenvalue weighted by Gasteiger charge is -2.08. The van der Waals surface area contributed by atoms with E-state index in [0.29, 0.717) is 13.0 Å². The summed E-state index contributed by atoms with van der Waals surface area (Å²) in [6.07, 6.45) is 2.44. The average Bonchev–Trinajstić information content (AvgIpc) is 2.02. The molecule has 0 saturated carbocycles. The lowest BCUT2D eigenvalue weighted by molar-refractivity contribution is -0.130. The van der Waals surface area contributed by atoms with Gasteiger partial charge in [0.15, 0.2) is 0 Å². The summed E-state index contributed by atoms with van der Waals surface area (Å²) in [5, 5.41) is 0. The van der Waals surface area contributed by atoms with E-state index in [9.17, 15) is 9.59 Å². The molecule has 13 heavy (non-hydrogen) atoms. The number of carbonyl (C=O) groups is 2. The van der Waals surface area contributed by atoms with Crippen LogP contribution in [0.4, 0.5) is 0 Å². The molecular weight excluding hydrogens is 168 g/mol. The van der Waals surface area contributed by atoms with Gasteiger partial charge in [0.2, 0.25) is 0 Å². The molecular formula is C10H18O3. The highest BCUT2D eigenvalue weighted by Gasteiger charge is 2.18. The summed E-state index contributed by atoms with van der Waals surface area (Å²) in [5.74, 6) is -0.438. The van der Waals surface area contributed by atoms with E-state index in [1.54, 1.807) is 7.11 Å². The molecule has 76 valence electrons. The minimum Gasteiger partial charge on any atom is -0.385 e. The average molecular weight is 186 g/mol. The molecule has 0 saturated heterocycles. The summed E-state index contributed by atoms with van der Waals surface area (Å²) in [5.41, 5.74) is 0. The van der Waals surface area contributed by atoms with E-state index in [4.69, 9.17) is 4.74 Å². The molecule has 0 fully saturated rings. The molecule has 0 unspecified atom stereocenters. The Morgan fingerprint density at radius 1 is 1.15 bits per heavy atom. The number of hydrogen-bond donors (Lipinski definition) is 0. The molecule has 0 amide bonds. The van der Waals surface area contributed by atoms with Crippen molar-refractivity contribution in [3.63, 3.8) is 0 Å². The molecule has 0 spiro atoms. The van der Waals surface area contributed by atoms with Gasteiger partial charge < -0.3 is 4.74 Å². The van der Waals surface area contributed by atoms with E-state index in [1.165, 1.54) is 13.8 Å². The summed E-state index contributed by atoms with van der Waals surface area (Å²) < 4.78 is 4.87. The van der Waals surface area contributed by atoms with Gasteiger partial charge in [-0.25, -0.2) is 0 Å². The normalized spacial score (nSPS) is 10.5. The molecule has 0 bridgehead atoms. The standard InChI is InChI=1S/C10H18O3/c1-8(11)10(9(2)12)6-4-5-7-13-3/h10H,4-7H2,1-3H3. The van der Waals surface area contributed by atoms with Crippen LogP contribution in [0, 0.1) is 5.92 Å². The number of Topliss-reactive ketones (excluding diaryl/α,β-unsaturated/α-hetero) is 2. The van der Waals surface area contributed by atoms with E-state index in [0.717, 1.165) is 12.8 Å². The Bertz CT molecular complexity index is 161. The van der Waals surface area contributed by atoms with Gasteiger partial charge in [0.05, 0.1) is 5.92 Å². The third-order valence-corrected chi connectivity index (χ3v) is 2.07. The molecule has 0 aliphatic rings. The molecule has 3 heteroatoms. The lowest BCUT2D eigenvalue weighted by atomic mass is 9.94. The highest BCUT2D eigenvalue weighted by atomic mass is 16.5. The molecule has 0 radical (unpaired) electrons. The Labute approximate surface area is 79.5 Å². The summed E-state index contributed by atoms with van der Waals surface area (Å²) in [7, 11) is 1.65. The van der Waals surface area contributed by atoms with Crippen LogP contribution in [0.2, 0.25) is 0 Å². The van der Waals surface area contributed by atoms with Crippen LogP contribution in [0.1, 0.15) is 33.1 Å². The largest absolute Gasteiger partial charge is 0.385 e. The monoisotopic (exact) mass is 186 g/mol. The highest BCUT2D eigenvalue weighted by molar-refractivity contribution is 6.00. The smallest absolute Gasteiger partial charge is 0.140 e. The molecule has 0 atom stereocenters. The third-order valence-electron chi connectivity index (χ3n) is 2.07. The zero-order chi connectivity index (χ0) is 10.3. The molecule has 0 heterocycles. The first-order valence-corrected chi connectivity index (χ1v) is 4.59. The van der Waals surface area contributed by atoms with Crippen LogP contribution in [0.25, 0.3) is 0 Å². The van der Waals surface area contributed by atoms with Crippen molar-refractivity contribution >= 4 is 11.6 Å². The molecule has 3 nitrogen and oxygen atoms in total. The van der Waals surface area contributed by atoms with Crippen molar-refractivity contribution in [3.8, 4) is 0 Å². The van der Waals surface area contributed by atoms with Crippen LogP contribution in [0.15, 0.2) is 0 Å². The Hall–Kier alpha value is -0.700. The maximum absolute atomic E-state index is 11.0. The zero-order valence-corrected chi connectivity index (χ0v) is 8.63. The first kappa shape index (κ1) is 12.3. The first-order chi connectivity index (χ1) is 6.09. The molecule has 0 aromatic rings. The summed E-state index contributed by atoms with van der Waals surface area (Å²) in [6, 6.07) is 0. The van der Waals surface area contributed by atoms with E-state index in [2.05, 4.69) is 0 Å². The van der Waals surface area contributed by atoms with E-state index >= 15 is 0 Å². The second kappa shape index (κ2) is 6.78. The predicted molar refractivity (Wildman–Crippen MR) is 50.6 cm³/mol. The van der Waals surface area contributed by atoms with Crippen molar-refractivity contribution in [1.29, 1.82) is 0 Å². The Morgan fingerprint density at radius 3 is 2.08 bits per heavy atom. The summed E-state index contributed by atoms with van der Waals surface area (Å²) in [4.78, 5) is 22.0. The zero-order valence-electron chi connectivity index (χ0n) is 8.63. The van der Waals surface area contributed by atoms with Crippen LogP contribution in [-0.4, -0.2) is 25.3 Å². The van der Waals surface area contributed by atoms with Gasteiger partial charge in [-0.1, -0.05) is 0 Å². The van der Waals surface area contributed by atoms with Gasteiger partial charge in [-0.3, -0.25) is 9.59 Å². The summed E-state index contributed by atoms with van der Waals surface area (Å²) in [6.45, 7) is 3.65. The Kier molecular flexibility index (Phi) is 6.41. The van der Waals surface area contributed by atoms with Gasteiger partial charge in [0.1, 0.15) is 11.6 Å². The SMILES string of the molecule is COCCCCC(C(C)=O)C(C)=O. The van der Waals surface area contributed by atoms with Crippen molar-refractivity contribution in [2.75, 3.05) is 13.7 Å². The van der Waals surface area contributed by atoms with Crippen molar-refractivity contribution in [3.05, 3.63) is 0 Å². The van der Waals surface area contributed by atoms with Gasteiger partial charge in [0.25, 0.3) is 0 Å². The number of rotatable bonds is 7. The van der Waals surface area contributed by atoms with Gasteiger partial charge in [-0.15, -0.1) is 0 Å². The van der Waals surface area contributed by atoms with Gasteiger partial charge in [-0.2, -0.15) is 0 Å². The number of ether oxygens (including phenoxy) is 1. The second-order valence-corrected chi connectivity index (χ2v) is 3.26. The van der Waals surface area contributed by atoms with Crippen molar-refractivity contribution < 1.29 is 14.3 Å². The fraction of sp³-hybridized carbons (Fsp3) is 0.800. The number of methoxy groups -OCH3 is 1. The van der Waals surface area contributed by atoms with Gasteiger partial charge >= 0.3 is 0 Å². The van der Waals surface area contributed by atoms with E-state index in [-0.39, 0.29) is 11.6 Å². The fourth-order valence-corrected chi connectivity index (χ4v) is 1.29. The molecule has 0 aliphatic carbocycles. The van der Waals surface area contributed by atoms with Crippen LogP contribution in [-0.2, 0) is 14.3 Å². The number of hydrogen-bond acceptors (Lipinski definition) is 3. The highest BCUT2D eigenvalue weighted by Crippen LogP contribution is 2.10. The maximum atomic E-state index is 11.0. The Morgan fingerprint density at radius 2 is 1.69 bits per heavy atom. The van der Waals surface area contributed by atoms with Gasteiger partial charge in [0, 0.05) is 13.7 Å². The van der Waals surface area contributed by atoms with Crippen LogP contribution in [0.3, 0.4) is 0 Å².